The molecule has 1 atom stereocenters. The Morgan fingerprint density at radius 1 is 1.21 bits per heavy atom. The first kappa shape index (κ1) is 19.1. The number of carbonyl (C=O) groups excluding carboxylic acids is 2. The number of halogens is 1. The molecule has 2 amide bonds. The second-order valence-electron chi connectivity index (χ2n) is 5.93. The van der Waals surface area contributed by atoms with Crippen molar-refractivity contribution >= 4 is 24.0 Å². The van der Waals surface area contributed by atoms with Crippen LogP contribution in [0.4, 0.5) is 9.18 Å². The molecule has 2 aromatic carbocycles. The van der Waals surface area contributed by atoms with Gasteiger partial charge in [0.25, 0.3) is 5.91 Å². The summed E-state index contributed by atoms with van der Waals surface area (Å²) in [4.78, 5) is 33.2. The highest BCUT2D eigenvalue weighted by molar-refractivity contribution is 6.09. The maximum Gasteiger partial charge on any atom is 0.419 e. The van der Waals surface area contributed by atoms with E-state index in [9.17, 15) is 18.8 Å². The number of carboxylic acids is 1. The molecule has 8 nitrogen and oxygen atoms in total. The molecule has 0 aromatic heterocycles. The average molecular weight is 386 g/mol. The summed E-state index contributed by atoms with van der Waals surface area (Å²) in [6.45, 7) is 0. The summed E-state index contributed by atoms with van der Waals surface area (Å²) in [6.07, 6.45) is 0.371. The first-order chi connectivity index (χ1) is 13.3. The Hall–Kier alpha value is -3.72. The van der Waals surface area contributed by atoms with Crippen LogP contribution in [0.3, 0.4) is 0 Å². The Kier molecular flexibility index (Phi) is 5.37. The molecule has 28 heavy (non-hydrogen) atoms. The van der Waals surface area contributed by atoms with Gasteiger partial charge >= 0.3 is 12.1 Å². The van der Waals surface area contributed by atoms with Gasteiger partial charge in [-0.15, -0.1) is 0 Å². The van der Waals surface area contributed by atoms with Crippen molar-refractivity contribution in [3.05, 3.63) is 65.2 Å². The Morgan fingerprint density at radius 2 is 1.89 bits per heavy atom. The molecule has 9 heteroatoms. The third-order valence-electron chi connectivity index (χ3n) is 3.83. The molecule has 1 saturated heterocycles. The number of nitrogens with two attached hydrogens (primary N) is 1. The first-order valence-corrected chi connectivity index (χ1v) is 8.11. The number of amides is 2. The van der Waals surface area contributed by atoms with Crippen LogP contribution >= 0.6 is 0 Å². The summed E-state index contributed by atoms with van der Waals surface area (Å²) in [6, 6.07) is 9.54. The van der Waals surface area contributed by atoms with Crippen LogP contribution in [-0.4, -0.2) is 29.1 Å². The Balaban J connectivity index is 1.69. The highest BCUT2D eigenvalue weighted by Crippen LogP contribution is 2.25. The van der Waals surface area contributed by atoms with Gasteiger partial charge in [0, 0.05) is 11.6 Å². The van der Waals surface area contributed by atoms with Crippen molar-refractivity contribution in [2.24, 2.45) is 5.73 Å². The number of ether oxygens (including phenoxy) is 2. The van der Waals surface area contributed by atoms with Crippen molar-refractivity contribution in [1.82, 2.24) is 5.32 Å². The molecule has 3 rings (SSSR count). The lowest BCUT2D eigenvalue weighted by Gasteiger charge is -2.09. The number of aliphatic carboxylic acids is 1. The molecule has 1 aliphatic rings. The van der Waals surface area contributed by atoms with Crippen LogP contribution in [-0.2, 0) is 20.7 Å². The van der Waals surface area contributed by atoms with Gasteiger partial charge in [-0.2, -0.15) is 0 Å². The number of nitrogens with one attached hydrogen (secondary N) is 1. The number of cyclic esters (lactones) is 1. The molecule has 1 aliphatic heterocycles. The highest BCUT2D eigenvalue weighted by atomic mass is 19.1. The predicted octanol–water partition coefficient (Wildman–Crippen LogP) is 2.18. The van der Waals surface area contributed by atoms with Gasteiger partial charge in [0.15, 0.2) is 5.76 Å². The van der Waals surface area contributed by atoms with Crippen LogP contribution < -0.4 is 15.8 Å². The average Bonchev–Trinajstić information content (AvgIpc) is 2.96. The van der Waals surface area contributed by atoms with Gasteiger partial charge in [-0.25, -0.2) is 9.18 Å². The summed E-state index contributed by atoms with van der Waals surface area (Å²) in [5.74, 6) is -2.18. The predicted molar refractivity (Wildman–Crippen MR) is 94.8 cm³/mol. The van der Waals surface area contributed by atoms with Gasteiger partial charge in [-0.1, -0.05) is 12.1 Å². The van der Waals surface area contributed by atoms with E-state index < -0.39 is 29.8 Å². The minimum absolute atomic E-state index is 0.0465. The molecule has 0 saturated carbocycles. The number of alkyl carbamates (subject to hydrolysis) is 1. The third-order valence-corrected chi connectivity index (χ3v) is 3.83. The molecule has 0 aliphatic carbocycles. The van der Waals surface area contributed by atoms with Crippen LogP contribution in [0.5, 0.6) is 11.5 Å². The molecule has 0 radical (unpaired) electrons. The largest absolute Gasteiger partial charge is 0.480 e. The maximum absolute atomic E-state index is 14.2. The van der Waals surface area contributed by atoms with E-state index in [1.165, 1.54) is 12.1 Å². The number of imide groups is 1. The summed E-state index contributed by atoms with van der Waals surface area (Å²) in [5, 5.41) is 10.7. The molecule has 1 unspecified atom stereocenters. The van der Waals surface area contributed by atoms with Crippen LogP contribution in [0.1, 0.15) is 11.1 Å². The third kappa shape index (κ3) is 4.51. The molecule has 2 aromatic rings. The van der Waals surface area contributed by atoms with Crippen LogP contribution in [0.2, 0.25) is 0 Å². The Bertz CT molecular complexity index is 971. The highest BCUT2D eigenvalue weighted by Gasteiger charge is 2.26. The molecule has 1 heterocycles. The SMILES string of the molecule is NC(Cc1ccc(Oc2ccc(C=C3OC(=O)NC3=O)c(F)c2)cc1)C(=O)O. The van der Waals surface area contributed by atoms with Crippen LogP contribution in [0, 0.1) is 5.82 Å². The van der Waals surface area contributed by atoms with E-state index in [-0.39, 0.29) is 23.5 Å². The second kappa shape index (κ2) is 7.89. The Labute approximate surface area is 158 Å². The van der Waals surface area contributed by atoms with Crippen molar-refractivity contribution in [1.29, 1.82) is 0 Å². The van der Waals surface area contributed by atoms with Gasteiger partial charge in [-0.3, -0.25) is 14.9 Å². The van der Waals surface area contributed by atoms with Crippen molar-refractivity contribution in [2.45, 2.75) is 12.5 Å². The van der Waals surface area contributed by atoms with Gasteiger partial charge in [0.2, 0.25) is 0 Å². The molecule has 144 valence electrons. The topological polar surface area (TPSA) is 128 Å². The first-order valence-electron chi connectivity index (χ1n) is 8.11. The van der Waals surface area contributed by atoms with Gasteiger partial charge in [0.05, 0.1) is 0 Å². The normalized spacial score (nSPS) is 15.9. The monoisotopic (exact) mass is 386 g/mol. The van der Waals surface area contributed by atoms with Crippen molar-refractivity contribution < 1.29 is 33.4 Å². The fourth-order valence-corrected chi connectivity index (χ4v) is 2.42. The van der Waals surface area contributed by atoms with E-state index in [4.69, 9.17) is 15.6 Å². The molecular weight excluding hydrogens is 371 g/mol. The summed E-state index contributed by atoms with van der Waals surface area (Å²) >= 11 is 0. The van der Waals surface area contributed by atoms with Crippen molar-refractivity contribution in [2.75, 3.05) is 0 Å². The summed E-state index contributed by atoms with van der Waals surface area (Å²) in [5.41, 5.74) is 6.25. The Morgan fingerprint density at radius 3 is 2.46 bits per heavy atom. The number of rotatable bonds is 6. The van der Waals surface area contributed by atoms with Crippen molar-refractivity contribution in [3.8, 4) is 11.5 Å². The lowest BCUT2D eigenvalue weighted by Crippen LogP contribution is -2.32. The number of carboxylic acid groups (broad SMARTS) is 1. The molecule has 1 fully saturated rings. The zero-order valence-electron chi connectivity index (χ0n) is 14.3. The van der Waals surface area contributed by atoms with Crippen molar-refractivity contribution in [3.63, 3.8) is 0 Å². The zero-order valence-corrected chi connectivity index (χ0v) is 14.3. The van der Waals surface area contributed by atoms with Gasteiger partial charge in [0.1, 0.15) is 23.4 Å². The van der Waals surface area contributed by atoms with E-state index in [1.807, 2.05) is 5.32 Å². The lowest BCUT2D eigenvalue weighted by molar-refractivity contribution is -0.138. The number of hydrogen-bond acceptors (Lipinski definition) is 6. The van der Waals surface area contributed by atoms with Gasteiger partial charge in [-0.05, 0) is 42.3 Å². The summed E-state index contributed by atoms with van der Waals surface area (Å²) in [7, 11) is 0. The van der Waals surface area contributed by atoms with Crippen LogP contribution in [0.25, 0.3) is 6.08 Å². The van der Waals surface area contributed by atoms with E-state index in [0.717, 1.165) is 17.7 Å². The molecule has 4 N–H and O–H groups in total. The van der Waals surface area contributed by atoms with Crippen LogP contribution in [0.15, 0.2) is 48.2 Å². The number of carbonyl (C=O) groups is 3. The van der Waals surface area contributed by atoms with Gasteiger partial charge < -0.3 is 20.3 Å². The summed E-state index contributed by atoms with van der Waals surface area (Å²) < 4.78 is 24.4. The number of hydrogen-bond donors (Lipinski definition) is 3. The minimum atomic E-state index is -1.09. The fraction of sp³-hybridized carbons (Fsp3) is 0.105. The van der Waals surface area contributed by atoms with E-state index in [2.05, 4.69) is 4.74 Å². The maximum atomic E-state index is 14.2. The molecule has 0 bridgehead atoms. The van der Waals surface area contributed by atoms with E-state index in [0.29, 0.717) is 5.75 Å². The van der Waals surface area contributed by atoms with E-state index >= 15 is 0 Å². The standard InChI is InChI=1S/C19H15FN2O6/c20-14-9-13(6-3-11(14)8-16-17(23)22-19(26)28-16)27-12-4-1-10(2-5-12)7-15(21)18(24)25/h1-6,8-9,15H,7,21H2,(H,24,25)(H,22,23,26). The smallest absolute Gasteiger partial charge is 0.419 e. The molecular formula is C19H15FN2O6. The zero-order chi connectivity index (χ0) is 20.3. The fourth-order valence-electron chi connectivity index (χ4n) is 2.42. The van der Waals surface area contributed by atoms with E-state index in [1.54, 1.807) is 24.3 Å². The molecule has 0 spiro atoms. The minimum Gasteiger partial charge on any atom is -0.480 e. The quantitative estimate of drug-likeness (QED) is 0.649. The lowest BCUT2D eigenvalue weighted by atomic mass is 10.1. The number of benzene rings is 2. The second-order valence-corrected chi connectivity index (χ2v) is 5.93.